The molecule has 16 heavy (non-hydrogen) atoms. The molecule has 0 spiro atoms. The number of amides is 1. The molecule has 1 amide bonds. The molecule has 1 fully saturated rings. The minimum Gasteiger partial charge on any atom is -0.396 e. The van der Waals surface area contributed by atoms with Gasteiger partial charge in [-0.05, 0) is 25.4 Å². The van der Waals surface area contributed by atoms with Gasteiger partial charge in [0, 0.05) is 19.8 Å². The molecule has 1 aliphatic heterocycles. The van der Waals surface area contributed by atoms with E-state index < -0.39 is 0 Å². The van der Waals surface area contributed by atoms with E-state index in [9.17, 15) is 4.79 Å². The Hall–Kier alpha value is -1.56. The van der Waals surface area contributed by atoms with Crippen LogP contribution in [0.4, 0.5) is 5.69 Å². The maximum atomic E-state index is 11.7. The van der Waals surface area contributed by atoms with E-state index >= 15 is 0 Å². The van der Waals surface area contributed by atoms with Crippen LogP contribution in [0.15, 0.2) is 6.20 Å². The summed E-state index contributed by atoms with van der Waals surface area (Å²) in [5.74, 6) is 0.332. The van der Waals surface area contributed by atoms with Crippen LogP contribution in [0.2, 0.25) is 0 Å². The molecule has 2 heterocycles. The van der Waals surface area contributed by atoms with Gasteiger partial charge in [-0.2, -0.15) is 5.10 Å². The van der Waals surface area contributed by atoms with Crippen molar-refractivity contribution in [2.75, 3.05) is 25.4 Å². The van der Waals surface area contributed by atoms with E-state index in [2.05, 4.69) is 15.7 Å². The average molecular weight is 223 g/mol. The molecule has 6 heteroatoms. The molecule has 6 nitrogen and oxygen atoms in total. The van der Waals surface area contributed by atoms with E-state index in [1.807, 2.05) is 0 Å². The van der Waals surface area contributed by atoms with E-state index in [1.165, 1.54) is 0 Å². The number of rotatable bonds is 3. The third-order valence-corrected chi connectivity index (χ3v) is 2.79. The van der Waals surface area contributed by atoms with Gasteiger partial charge in [-0.25, -0.2) is 0 Å². The van der Waals surface area contributed by atoms with Crippen LogP contribution in [0.1, 0.15) is 16.9 Å². The monoisotopic (exact) mass is 223 g/mol. The Kier molecular flexibility index (Phi) is 3.09. The standard InChI is InChI=1S/C10H17N5O/c1-15-6-8(11)9(14-15)10(16)13-5-7-2-3-12-4-7/h6-7,12H,2-5,11H2,1H3,(H,13,16). The van der Waals surface area contributed by atoms with Crippen molar-refractivity contribution in [3.05, 3.63) is 11.9 Å². The second-order valence-corrected chi connectivity index (χ2v) is 4.18. The van der Waals surface area contributed by atoms with E-state index in [1.54, 1.807) is 17.9 Å². The summed E-state index contributed by atoms with van der Waals surface area (Å²) in [6.45, 7) is 2.69. The van der Waals surface area contributed by atoms with Crippen LogP contribution >= 0.6 is 0 Å². The molecule has 1 aromatic heterocycles. The van der Waals surface area contributed by atoms with Crippen molar-refractivity contribution in [1.82, 2.24) is 20.4 Å². The summed E-state index contributed by atoms with van der Waals surface area (Å²) < 4.78 is 1.54. The molecule has 0 aliphatic carbocycles. The molecule has 1 aliphatic rings. The zero-order valence-corrected chi connectivity index (χ0v) is 9.36. The Bertz CT molecular complexity index is 381. The molecular weight excluding hydrogens is 206 g/mol. The number of anilines is 1. The predicted molar refractivity (Wildman–Crippen MR) is 60.9 cm³/mol. The number of carbonyl (C=O) groups excluding carboxylic acids is 1. The molecule has 0 aromatic carbocycles. The van der Waals surface area contributed by atoms with Crippen LogP contribution in [-0.4, -0.2) is 35.3 Å². The van der Waals surface area contributed by atoms with Gasteiger partial charge in [0.15, 0.2) is 5.69 Å². The first kappa shape index (κ1) is 10.9. The van der Waals surface area contributed by atoms with Crippen LogP contribution in [0, 0.1) is 5.92 Å². The summed E-state index contributed by atoms with van der Waals surface area (Å²) in [4.78, 5) is 11.7. The van der Waals surface area contributed by atoms with Gasteiger partial charge in [0.2, 0.25) is 0 Å². The summed E-state index contributed by atoms with van der Waals surface area (Å²) in [5.41, 5.74) is 6.40. The van der Waals surface area contributed by atoms with Crippen molar-refractivity contribution in [1.29, 1.82) is 0 Å². The third-order valence-electron chi connectivity index (χ3n) is 2.79. The number of nitrogens with one attached hydrogen (secondary N) is 2. The van der Waals surface area contributed by atoms with E-state index in [0.717, 1.165) is 19.5 Å². The van der Waals surface area contributed by atoms with Crippen LogP contribution in [0.25, 0.3) is 0 Å². The highest BCUT2D eigenvalue weighted by Crippen LogP contribution is 2.09. The molecule has 1 aromatic rings. The second-order valence-electron chi connectivity index (χ2n) is 4.18. The van der Waals surface area contributed by atoms with Crippen molar-refractivity contribution in [3.63, 3.8) is 0 Å². The number of nitrogens with zero attached hydrogens (tertiary/aromatic N) is 2. The van der Waals surface area contributed by atoms with Gasteiger partial charge in [-0.3, -0.25) is 9.48 Å². The number of aryl methyl sites for hydroxylation is 1. The lowest BCUT2D eigenvalue weighted by molar-refractivity contribution is 0.0943. The first-order valence-corrected chi connectivity index (χ1v) is 5.45. The van der Waals surface area contributed by atoms with Gasteiger partial charge in [-0.1, -0.05) is 0 Å². The van der Waals surface area contributed by atoms with Gasteiger partial charge in [0.25, 0.3) is 5.91 Å². The molecule has 0 saturated carbocycles. The number of aromatic nitrogens is 2. The van der Waals surface area contributed by atoms with Gasteiger partial charge in [-0.15, -0.1) is 0 Å². The summed E-state index contributed by atoms with van der Waals surface area (Å²) in [6.07, 6.45) is 2.74. The Morgan fingerprint density at radius 3 is 3.19 bits per heavy atom. The fourth-order valence-electron chi connectivity index (χ4n) is 1.89. The SMILES string of the molecule is Cn1cc(N)c(C(=O)NCC2CCNC2)n1. The number of nitrogen functional groups attached to an aromatic ring is 1. The highest BCUT2D eigenvalue weighted by molar-refractivity contribution is 5.96. The van der Waals surface area contributed by atoms with Crippen LogP contribution in [0.5, 0.6) is 0 Å². The van der Waals surface area contributed by atoms with Gasteiger partial charge in [0.1, 0.15) is 0 Å². The lowest BCUT2D eigenvalue weighted by Crippen LogP contribution is -2.31. The zero-order chi connectivity index (χ0) is 11.5. The molecular formula is C10H17N5O. The minimum absolute atomic E-state index is 0.190. The minimum atomic E-state index is -0.190. The summed E-state index contributed by atoms with van der Waals surface area (Å²) >= 11 is 0. The zero-order valence-electron chi connectivity index (χ0n) is 9.36. The van der Waals surface area contributed by atoms with Gasteiger partial charge in [0.05, 0.1) is 5.69 Å². The maximum Gasteiger partial charge on any atom is 0.273 e. The smallest absolute Gasteiger partial charge is 0.273 e. The van der Waals surface area contributed by atoms with Crippen molar-refractivity contribution in [2.45, 2.75) is 6.42 Å². The fraction of sp³-hybridized carbons (Fsp3) is 0.600. The van der Waals surface area contributed by atoms with Crippen LogP contribution in [-0.2, 0) is 7.05 Å². The second kappa shape index (κ2) is 4.52. The van der Waals surface area contributed by atoms with Crippen molar-refractivity contribution < 1.29 is 4.79 Å². The largest absolute Gasteiger partial charge is 0.396 e. The molecule has 0 radical (unpaired) electrons. The number of nitrogens with two attached hydrogens (primary N) is 1. The van der Waals surface area contributed by atoms with Crippen molar-refractivity contribution >= 4 is 11.6 Å². The van der Waals surface area contributed by atoms with Gasteiger partial charge >= 0.3 is 0 Å². The number of carbonyl (C=O) groups is 1. The molecule has 1 saturated heterocycles. The average Bonchev–Trinajstić information content (AvgIpc) is 2.84. The summed E-state index contributed by atoms with van der Waals surface area (Å²) in [7, 11) is 1.74. The van der Waals surface area contributed by atoms with E-state index in [0.29, 0.717) is 23.8 Å². The first-order valence-electron chi connectivity index (χ1n) is 5.45. The first-order chi connectivity index (χ1) is 7.66. The van der Waals surface area contributed by atoms with Crippen LogP contribution < -0.4 is 16.4 Å². The lowest BCUT2D eigenvalue weighted by atomic mass is 10.1. The Labute approximate surface area is 94.2 Å². The highest BCUT2D eigenvalue weighted by Gasteiger charge is 2.18. The van der Waals surface area contributed by atoms with Crippen LogP contribution in [0.3, 0.4) is 0 Å². The third kappa shape index (κ3) is 2.33. The topological polar surface area (TPSA) is 85.0 Å². The number of hydrogen-bond acceptors (Lipinski definition) is 4. The highest BCUT2D eigenvalue weighted by atomic mass is 16.2. The lowest BCUT2D eigenvalue weighted by Gasteiger charge is -2.08. The Balaban J connectivity index is 1.90. The number of hydrogen-bond donors (Lipinski definition) is 3. The summed E-state index contributed by atoms with van der Waals surface area (Å²) in [5, 5.41) is 10.1. The van der Waals surface area contributed by atoms with E-state index in [4.69, 9.17) is 5.73 Å². The molecule has 2 rings (SSSR count). The van der Waals surface area contributed by atoms with Crippen molar-refractivity contribution in [2.24, 2.45) is 13.0 Å². The Morgan fingerprint density at radius 1 is 1.81 bits per heavy atom. The fourth-order valence-corrected chi connectivity index (χ4v) is 1.89. The summed E-state index contributed by atoms with van der Waals surface area (Å²) in [6, 6.07) is 0. The molecule has 1 unspecified atom stereocenters. The normalized spacial score (nSPS) is 19.9. The predicted octanol–water partition coefficient (Wildman–Crippen LogP) is -0.658. The maximum absolute atomic E-state index is 11.7. The molecule has 1 atom stereocenters. The molecule has 0 bridgehead atoms. The van der Waals surface area contributed by atoms with E-state index in [-0.39, 0.29) is 5.91 Å². The Morgan fingerprint density at radius 2 is 2.62 bits per heavy atom. The molecule has 4 N–H and O–H groups in total. The quantitative estimate of drug-likeness (QED) is 0.635. The van der Waals surface area contributed by atoms with Crippen molar-refractivity contribution in [3.8, 4) is 0 Å². The molecule has 88 valence electrons. The van der Waals surface area contributed by atoms with Gasteiger partial charge < -0.3 is 16.4 Å².